The Morgan fingerprint density at radius 1 is 1.37 bits per heavy atom. The average Bonchev–Trinajstić information content (AvgIpc) is 3.31. The molecule has 1 aliphatic carbocycles. The molecule has 158 valence electrons. The second-order valence-electron chi connectivity index (χ2n) is 7.97. The number of hydrogen-bond acceptors (Lipinski definition) is 7. The third-order valence-electron chi connectivity index (χ3n) is 5.98. The molecule has 4 heterocycles. The molecule has 0 bridgehead atoms. The molecule has 5 rings (SSSR count). The number of halogens is 3. The van der Waals surface area contributed by atoms with Crippen LogP contribution in [0.25, 0.3) is 11.0 Å². The number of carbonyl (C=O) groups is 1. The fourth-order valence-corrected chi connectivity index (χ4v) is 4.35. The number of ketones is 1. The maximum atomic E-state index is 12.8. The van der Waals surface area contributed by atoms with Gasteiger partial charge in [0.05, 0.1) is 11.9 Å². The summed E-state index contributed by atoms with van der Waals surface area (Å²) >= 11 is 0. The molecule has 1 saturated carbocycles. The number of aliphatic hydroxyl groups is 1. The van der Waals surface area contributed by atoms with E-state index in [-0.39, 0.29) is 17.9 Å². The Morgan fingerprint density at radius 2 is 2.17 bits per heavy atom. The standard InChI is InChI=1S/C19H18F3N5O3/c20-19(21,22)18(29)6-10(7-18)5-13(28)15-12-8-27(4-2-14(12)30-26-15)17-11-1-3-23-16(11)24-9-25-17/h1,3,9-10,29H,2,4-8H2,(H,23,24,25). The zero-order valence-electron chi connectivity index (χ0n) is 15.7. The molecular formula is C19H18F3N5O3. The Morgan fingerprint density at radius 3 is 2.93 bits per heavy atom. The van der Waals surface area contributed by atoms with E-state index in [2.05, 4.69) is 20.1 Å². The van der Waals surface area contributed by atoms with Crippen molar-refractivity contribution in [3.05, 3.63) is 35.6 Å². The molecule has 11 heteroatoms. The quantitative estimate of drug-likeness (QED) is 0.624. The monoisotopic (exact) mass is 421 g/mol. The molecule has 0 atom stereocenters. The predicted octanol–water partition coefficient (Wildman–Crippen LogP) is 2.78. The van der Waals surface area contributed by atoms with Crippen LogP contribution in [0, 0.1) is 5.92 Å². The van der Waals surface area contributed by atoms with E-state index in [1.807, 2.05) is 11.0 Å². The van der Waals surface area contributed by atoms with E-state index in [4.69, 9.17) is 4.52 Å². The second kappa shape index (κ2) is 6.53. The summed E-state index contributed by atoms with van der Waals surface area (Å²) in [6, 6.07) is 1.87. The molecular weight excluding hydrogens is 403 g/mol. The number of nitrogens with one attached hydrogen (secondary N) is 1. The van der Waals surface area contributed by atoms with E-state index in [1.165, 1.54) is 6.33 Å². The lowest BCUT2D eigenvalue weighted by Gasteiger charge is -2.44. The van der Waals surface area contributed by atoms with Crippen LogP contribution in [0.3, 0.4) is 0 Å². The number of Topliss-reactive ketones (excluding diaryl/α,β-unsaturated/α-hetero) is 1. The number of aromatic amines is 1. The minimum Gasteiger partial charge on any atom is -0.380 e. The molecule has 8 nitrogen and oxygen atoms in total. The van der Waals surface area contributed by atoms with Crippen LogP contribution in [0.15, 0.2) is 23.1 Å². The Balaban J connectivity index is 1.33. The van der Waals surface area contributed by atoms with Gasteiger partial charge in [-0.25, -0.2) is 9.97 Å². The van der Waals surface area contributed by atoms with Crippen LogP contribution in [-0.2, 0) is 13.0 Å². The van der Waals surface area contributed by atoms with E-state index in [0.29, 0.717) is 36.5 Å². The van der Waals surface area contributed by atoms with Crippen LogP contribution < -0.4 is 4.90 Å². The Hall–Kier alpha value is -2.95. The number of H-pyrrole nitrogens is 1. The highest BCUT2D eigenvalue weighted by Crippen LogP contribution is 2.50. The van der Waals surface area contributed by atoms with Gasteiger partial charge in [-0.15, -0.1) is 0 Å². The normalized spacial score (nSPS) is 24.0. The summed E-state index contributed by atoms with van der Waals surface area (Å²) in [4.78, 5) is 26.3. The van der Waals surface area contributed by atoms with Crippen LogP contribution in [-0.4, -0.2) is 49.3 Å². The molecule has 30 heavy (non-hydrogen) atoms. The van der Waals surface area contributed by atoms with Gasteiger partial charge in [-0.1, -0.05) is 5.16 Å². The second-order valence-corrected chi connectivity index (χ2v) is 7.97. The highest BCUT2D eigenvalue weighted by molar-refractivity contribution is 5.96. The lowest BCUT2D eigenvalue weighted by Crippen LogP contribution is -2.55. The van der Waals surface area contributed by atoms with Gasteiger partial charge in [-0.05, 0) is 24.8 Å². The third-order valence-corrected chi connectivity index (χ3v) is 5.98. The van der Waals surface area contributed by atoms with E-state index in [1.54, 1.807) is 6.20 Å². The van der Waals surface area contributed by atoms with Crippen LogP contribution in [0.5, 0.6) is 0 Å². The van der Waals surface area contributed by atoms with Gasteiger partial charge in [-0.3, -0.25) is 4.79 Å². The molecule has 2 aliphatic rings. The first-order chi connectivity index (χ1) is 14.2. The van der Waals surface area contributed by atoms with Crippen molar-refractivity contribution in [1.29, 1.82) is 0 Å². The Labute approximate surface area is 168 Å². The largest absolute Gasteiger partial charge is 0.417 e. The topological polar surface area (TPSA) is 108 Å². The molecule has 1 fully saturated rings. The van der Waals surface area contributed by atoms with Crippen LogP contribution >= 0.6 is 0 Å². The van der Waals surface area contributed by atoms with Crippen molar-refractivity contribution in [1.82, 2.24) is 20.1 Å². The van der Waals surface area contributed by atoms with Crippen molar-refractivity contribution in [2.75, 3.05) is 11.4 Å². The SMILES string of the molecule is O=C(CC1CC(O)(C(F)(F)F)C1)c1noc2c1CN(c1ncnc3[nH]ccc13)CC2. The fraction of sp³-hybridized carbons (Fsp3) is 0.474. The van der Waals surface area contributed by atoms with Gasteiger partial charge in [0.15, 0.2) is 17.1 Å². The molecule has 2 N–H and O–H groups in total. The number of anilines is 1. The van der Waals surface area contributed by atoms with Gasteiger partial charge in [0.2, 0.25) is 0 Å². The first-order valence-electron chi connectivity index (χ1n) is 9.58. The van der Waals surface area contributed by atoms with Crippen molar-refractivity contribution in [3.63, 3.8) is 0 Å². The van der Waals surface area contributed by atoms with E-state index >= 15 is 0 Å². The van der Waals surface area contributed by atoms with Gasteiger partial charge in [0.25, 0.3) is 0 Å². The minimum absolute atomic E-state index is 0.104. The molecule has 0 saturated heterocycles. The maximum absolute atomic E-state index is 12.8. The molecule has 0 amide bonds. The summed E-state index contributed by atoms with van der Waals surface area (Å²) < 4.78 is 43.7. The van der Waals surface area contributed by atoms with E-state index < -0.39 is 30.5 Å². The molecule has 1 aliphatic heterocycles. The summed E-state index contributed by atoms with van der Waals surface area (Å²) in [5, 5.41) is 14.3. The lowest BCUT2D eigenvalue weighted by molar-refractivity contribution is -0.298. The zero-order chi connectivity index (χ0) is 21.1. The van der Waals surface area contributed by atoms with Crippen molar-refractivity contribution < 1.29 is 27.6 Å². The van der Waals surface area contributed by atoms with Crippen molar-refractivity contribution in [2.45, 2.75) is 44.0 Å². The highest BCUT2D eigenvalue weighted by Gasteiger charge is 2.61. The zero-order valence-corrected chi connectivity index (χ0v) is 15.7. The smallest absolute Gasteiger partial charge is 0.380 e. The van der Waals surface area contributed by atoms with Crippen LogP contribution in [0.2, 0.25) is 0 Å². The Kier molecular flexibility index (Phi) is 4.14. The van der Waals surface area contributed by atoms with E-state index in [0.717, 1.165) is 11.2 Å². The van der Waals surface area contributed by atoms with Gasteiger partial charge >= 0.3 is 6.18 Å². The minimum atomic E-state index is -4.68. The number of nitrogens with zero attached hydrogens (tertiary/aromatic N) is 4. The fourth-order valence-electron chi connectivity index (χ4n) is 4.35. The van der Waals surface area contributed by atoms with E-state index in [9.17, 15) is 23.1 Å². The van der Waals surface area contributed by atoms with Crippen molar-refractivity contribution >= 4 is 22.6 Å². The summed E-state index contributed by atoms with van der Waals surface area (Å²) in [5.41, 5.74) is -1.20. The molecule has 3 aromatic heterocycles. The number of hydrogen-bond donors (Lipinski definition) is 2. The molecule has 0 aromatic carbocycles. The number of alkyl halides is 3. The average molecular weight is 421 g/mol. The van der Waals surface area contributed by atoms with Gasteiger partial charge in [-0.2, -0.15) is 13.2 Å². The number of rotatable bonds is 4. The predicted molar refractivity (Wildman–Crippen MR) is 97.8 cm³/mol. The van der Waals surface area contributed by atoms with Crippen LogP contribution in [0.1, 0.15) is 41.1 Å². The van der Waals surface area contributed by atoms with Crippen molar-refractivity contribution in [2.24, 2.45) is 5.92 Å². The Bertz CT molecular complexity index is 1120. The van der Waals surface area contributed by atoms with Crippen molar-refractivity contribution in [3.8, 4) is 0 Å². The molecule has 0 radical (unpaired) electrons. The van der Waals surface area contributed by atoms with Gasteiger partial charge in [0, 0.05) is 31.1 Å². The van der Waals surface area contributed by atoms with Gasteiger partial charge in [0.1, 0.15) is 23.6 Å². The summed E-state index contributed by atoms with van der Waals surface area (Å²) in [5.74, 6) is 0.429. The first kappa shape index (κ1) is 19.0. The third kappa shape index (κ3) is 2.95. The number of fused-ring (bicyclic) bond motifs is 2. The number of carbonyl (C=O) groups excluding carboxylic acids is 1. The molecule has 0 spiro atoms. The van der Waals surface area contributed by atoms with Gasteiger partial charge < -0.3 is 19.5 Å². The molecule has 3 aromatic rings. The highest BCUT2D eigenvalue weighted by atomic mass is 19.4. The lowest BCUT2D eigenvalue weighted by atomic mass is 9.68. The summed E-state index contributed by atoms with van der Waals surface area (Å²) in [6.07, 6.45) is -1.96. The maximum Gasteiger partial charge on any atom is 0.417 e. The first-order valence-corrected chi connectivity index (χ1v) is 9.58. The summed E-state index contributed by atoms with van der Waals surface area (Å²) in [7, 11) is 0. The van der Waals surface area contributed by atoms with Crippen LogP contribution in [0.4, 0.5) is 19.0 Å². The number of aromatic nitrogens is 4. The molecule has 0 unspecified atom stereocenters. The summed E-state index contributed by atoms with van der Waals surface area (Å²) in [6.45, 7) is 0.975.